The summed E-state index contributed by atoms with van der Waals surface area (Å²) in [6.07, 6.45) is 1.34. The number of halogens is 1. The van der Waals surface area contributed by atoms with Gasteiger partial charge in [0.05, 0.1) is 16.9 Å². The molecule has 4 rings (SSSR count). The maximum Gasteiger partial charge on any atom is 0.261 e. The van der Waals surface area contributed by atoms with Gasteiger partial charge in [-0.25, -0.2) is 14.4 Å². The summed E-state index contributed by atoms with van der Waals surface area (Å²) in [5.41, 5.74) is 2.25. The van der Waals surface area contributed by atoms with E-state index in [4.69, 9.17) is 9.47 Å². The lowest BCUT2D eigenvalue weighted by molar-refractivity contribution is 0.0940. The molecule has 0 fully saturated rings. The maximum absolute atomic E-state index is 14.9. The molecule has 1 aromatic carbocycles. The van der Waals surface area contributed by atoms with Crippen LogP contribution in [0.4, 0.5) is 4.39 Å². The Morgan fingerprint density at radius 1 is 1.31 bits per heavy atom. The number of hydrogen-bond acceptors (Lipinski definition) is 6. The molecular weight excluding hydrogens is 395 g/mol. The first-order valence-electron chi connectivity index (χ1n) is 8.96. The number of methoxy groups -OCH3 is 1. The van der Waals surface area contributed by atoms with Crippen molar-refractivity contribution in [1.82, 2.24) is 20.3 Å². The summed E-state index contributed by atoms with van der Waals surface area (Å²) in [7, 11) is 1.57. The summed E-state index contributed by atoms with van der Waals surface area (Å²) >= 11 is 1.24. The van der Waals surface area contributed by atoms with Crippen LogP contribution in [0.25, 0.3) is 21.1 Å². The van der Waals surface area contributed by atoms with Crippen LogP contribution in [0.5, 0.6) is 11.6 Å². The van der Waals surface area contributed by atoms with E-state index in [1.54, 1.807) is 32.2 Å². The normalized spacial score (nSPS) is 11.3. The molecule has 0 saturated carbocycles. The number of aromatic amines is 1. The lowest BCUT2D eigenvalue weighted by Gasteiger charge is -2.08. The van der Waals surface area contributed by atoms with Crippen molar-refractivity contribution in [3.63, 3.8) is 0 Å². The summed E-state index contributed by atoms with van der Waals surface area (Å²) in [4.78, 5) is 25.1. The van der Waals surface area contributed by atoms with Crippen molar-refractivity contribution in [3.05, 3.63) is 46.5 Å². The van der Waals surface area contributed by atoms with E-state index in [9.17, 15) is 9.18 Å². The summed E-state index contributed by atoms with van der Waals surface area (Å²) in [5.74, 6) is -0.411. The molecule has 7 nitrogen and oxygen atoms in total. The number of thiophene rings is 1. The second-order valence-corrected chi connectivity index (χ2v) is 7.56. The molecule has 0 spiro atoms. The highest BCUT2D eigenvalue weighted by Crippen LogP contribution is 2.37. The molecular formula is C20H19FN4O3S. The van der Waals surface area contributed by atoms with Gasteiger partial charge in [-0.2, -0.15) is 0 Å². The second kappa shape index (κ2) is 7.76. The van der Waals surface area contributed by atoms with Crippen molar-refractivity contribution in [2.75, 3.05) is 20.3 Å². The summed E-state index contributed by atoms with van der Waals surface area (Å²) < 4.78 is 25.7. The minimum Gasteiger partial charge on any atom is -0.435 e. The number of H-pyrrole nitrogens is 1. The van der Waals surface area contributed by atoms with E-state index in [2.05, 4.69) is 20.3 Å². The number of aryl methyl sites for hydroxylation is 2. The van der Waals surface area contributed by atoms with Crippen LogP contribution in [0.1, 0.15) is 20.9 Å². The highest BCUT2D eigenvalue weighted by Gasteiger charge is 2.21. The lowest BCUT2D eigenvalue weighted by Crippen LogP contribution is -2.26. The first-order valence-corrected chi connectivity index (χ1v) is 9.78. The smallest absolute Gasteiger partial charge is 0.261 e. The number of benzene rings is 1. The third-order valence-electron chi connectivity index (χ3n) is 4.53. The van der Waals surface area contributed by atoms with E-state index >= 15 is 0 Å². The molecule has 150 valence electrons. The Hall–Kier alpha value is -3.04. The number of ether oxygens (including phenoxy) is 2. The SMILES string of the molecule is COCCNC(=O)c1sc2ncnc(Oc3ccc4[nH]c(C)cc4c3F)c2c1C. The highest BCUT2D eigenvalue weighted by molar-refractivity contribution is 7.20. The van der Waals surface area contributed by atoms with Crippen LogP contribution in [-0.4, -0.2) is 41.1 Å². The summed E-state index contributed by atoms with van der Waals surface area (Å²) in [6.45, 7) is 4.49. The number of hydrogen-bond donors (Lipinski definition) is 2. The monoisotopic (exact) mass is 414 g/mol. The number of carbonyl (C=O) groups is 1. The molecule has 9 heteroatoms. The fraction of sp³-hybridized carbons (Fsp3) is 0.250. The van der Waals surface area contributed by atoms with E-state index in [0.717, 1.165) is 5.69 Å². The van der Waals surface area contributed by atoms with Crippen LogP contribution in [0.15, 0.2) is 24.5 Å². The Labute approximate surface area is 169 Å². The van der Waals surface area contributed by atoms with Crippen molar-refractivity contribution >= 4 is 38.4 Å². The maximum atomic E-state index is 14.9. The third kappa shape index (κ3) is 3.54. The number of aromatic nitrogens is 3. The molecule has 0 radical (unpaired) electrons. The highest BCUT2D eigenvalue weighted by atomic mass is 32.1. The largest absolute Gasteiger partial charge is 0.435 e. The van der Waals surface area contributed by atoms with Crippen LogP contribution in [-0.2, 0) is 4.74 Å². The third-order valence-corrected chi connectivity index (χ3v) is 5.73. The van der Waals surface area contributed by atoms with E-state index in [1.807, 2.05) is 6.92 Å². The minimum atomic E-state index is -0.468. The topological polar surface area (TPSA) is 89.1 Å². The molecule has 3 aromatic heterocycles. The first kappa shape index (κ1) is 19.3. The number of nitrogens with zero attached hydrogens (tertiary/aromatic N) is 2. The molecule has 4 aromatic rings. The molecule has 0 saturated heterocycles. The van der Waals surface area contributed by atoms with Crippen LogP contribution in [0.2, 0.25) is 0 Å². The fourth-order valence-corrected chi connectivity index (χ4v) is 4.21. The Bertz CT molecular complexity index is 1220. The van der Waals surface area contributed by atoms with Gasteiger partial charge in [-0.05, 0) is 37.6 Å². The van der Waals surface area contributed by atoms with Crippen molar-refractivity contribution in [2.24, 2.45) is 0 Å². The van der Waals surface area contributed by atoms with Gasteiger partial charge in [-0.3, -0.25) is 4.79 Å². The molecule has 0 aliphatic heterocycles. The average Bonchev–Trinajstić information content (AvgIpc) is 3.25. The molecule has 2 N–H and O–H groups in total. The van der Waals surface area contributed by atoms with Crippen LogP contribution in [0, 0.1) is 19.7 Å². The van der Waals surface area contributed by atoms with E-state index in [-0.39, 0.29) is 17.5 Å². The molecule has 1 amide bonds. The van der Waals surface area contributed by atoms with Gasteiger partial charge in [0.15, 0.2) is 11.6 Å². The van der Waals surface area contributed by atoms with E-state index < -0.39 is 5.82 Å². The van der Waals surface area contributed by atoms with Crippen molar-refractivity contribution in [3.8, 4) is 11.6 Å². The number of fused-ring (bicyclic) bond motifs is 2. The summed E-state index contributed by atoms with van der Waals surface area (Å²) in [6, 6.07) is 5.04. The first-order chi connectivity index (χ1) is 14.0. The standard InChI is InChI=1S/C20H19FN4O3S/c1-10-8-12-13(25-10)4-5-14(16(12)21)28-19-15-11(2)17(18(26)22-6-7-27-3)29-20(15)24-9-23-19/h4-5,8-9,25H,6-7H2,1-3H3,(H,22,26). The lowest BCUT2D eigenvalue weighted by atomic mass is 10.2. The molecule has 0 aliphatic rings. The predicted molar refractivity (Wildman–Crippen MR) is 109 cm³/mol. The van der Waals surface area contributed by atoms with Crippen molar-refractivity contribution < 1.29 is 18.7 Å². The molecule has 0 unspecified atom stereocenters. The van der Waals surface area contributed by atoms with Gasteiger partial charge < -0.3 is 19.8 Å². The average molecular weight is 414 g/mol. The predicted octanol–water partition coefficient (Wildman–Crippen LogP) is 4.10. The Balaban J connectivity index is 1.71. The van der Waals surface area contributed by atoms with Gasteiger partial charge >= 0.3 is 0 Å². The quantitative estimate of drug-likeness (QED) is 0.464. The van der Waals surface area contributed by atoms with Crippen LogP contribution in [0.3, 0.4) is 0 Å². The minimum absolute atomic E-state index is 0.0631. The van der Waals surface area contributed by atoms with Crippen LogP contribution >= 0.6 is 11.3 Å². The Morgan fingerprint density at radius 2 is 2.14 bits per heavy atom. The van der Waals surface area contributed by atoms with Crippen molar-refractivity contribution in [2.45, 2.75) is 13.8 Å². The fourth-order valence-electron chi connectivity index (χ4n) is 3.15. The molecule has 0 atom stereocenters. The van der Waals surface area contributed by atoms with Crippen molar-refractivity contribution in [1.29, 1.82) is 0 Å². The summed E-state index contributed by atoms with van der Waals surface area (Å²) in [5, 5.41) is 3.84. The molecule has 0 bridgehead atoms. The van der Waals surface area contributed by atoms with Gasteiger partial charge in [-0.15, -0.1) is 11.3 Å². The van der Waals surface area contributed by atoms with Gasteiger partial charge in [0.25, 0.3) is 5.91 Å². The zero-order chi connectivity index (χ0) is 20.5. The molecule has 0 aliphatic carbocycles. The zero-order valence-electron chi connectivity index (χ0n) is 16.1. The van der Waals surface area contributed by atoms with Gasteiger partial charge in [-0.1, -0.05) is 0 Å². The zero-order valence-corrected chi connectivity index (χ0v) is 16.9. The Kier molecular flexibility index (Phi) is 5.16. The van der Waals surface area contributed by atoms with Gasteiger partial charge in [0.1, 0.15) is 11.2 Å². The molecule has 29 heavy (non-hydrogen) atoms. The number of carbonyl (C=O) groups excluding carboxylic acids is 1. The second-order valence-electron chi connectivity index (χ2n) is 6.56. The van der Waals surface area contributed by atoms with Gasteiger partial charge in [0.2, 0.25) is 5.88 Å². The number of rotatable bonds is 6. The van der Waals surface area contributed by atoms with E-state index in [1.165, 1.54) is 17.7 Å². The number of amides is 1. The van der Waals surface area contributed by atoms with Crippen LogP contribution < -0.4 is 10.1 Å². The van der Waals surface area contributed by atoms with E-state index in [0.29, 0.717) is 44.7 Å². The number of nitrogens with one attached hydrogen (secondary N) is 2. The molecule has 3 heterocycles. The Morgan fingerprint density at radius 3 is 2.93 bits per heavy atom. The van der Waals surface area contributed by atoms with Gasteiger partial charge in [0, 0.05) is 30.3 Å².